The molecule has 0 unspecified atom stereocenters. The smallest absolute Gasteiger partial charge is 0.420 e. The topological polar surface area (TPSA) is 90.0 Å². The molecule has 0 bridgehead atoms. The number of carbonyl (C=O) groups is 1. The van der Waals surface area contributed by atoms with Crippen molar-refractivity contribution in [2.45, 2.75) is 6.54 Å². The van der Waals surface area contributed by atoms with Crippen LogP contribution in [-0.2, 0) is 11.3 Å². The van der Waals surface area contributed by atoms with E-state index in [1.807, 2.05) is 25.1 Å². The molecule has 2 heterocycles. The second-order valence-electron chi connectivity index (χ2n) is 7.41. The maximum Gasteiger partial charge on any atom is 0.420 e. The predicted molar refractivity (Wildman–Crippen MR) is 124 cm³/mol. The van der Waals surface area contributed by atoms with E-state index in [2.05, 4.69) is 0 Å². The standard InChI is InChI=1S/C22H24N4O5S/c1-24(2)11-12-25(18(27)13-26-14-7-5-6-8-15(14)31-22(26)28)21-23-19-16(29-3)9-10-17(30-4)20(19)32-21/h5-10H,11-13H2,1-4H3. The van der Waals surface area contributed by atoms with Crippen LogP contribution >= 0.6 is 11.3 Å². The van der Waals surface area contributed by atoms with Crippen molar-refractivity contribution in [3.63, 3.8) is 0 Å². The number of hydrogen-bond acceptors (Lipinski definition) is 8. The number of amides is 1. The molecule has 0 saturated heterocycles. The molecule has 0 saturated carbocycles. The lowest BCUT2D eigenvalue weighted by Crippen LogP contribution is -2.39. The quantitative estimate of drug-likeness (QED) is 0.403. The summed E-state index contributed by atoms with van der Waals surface area (Å²) in [5, 5.41) is 0.510. The van der Waals surface area contributed by atoms with Gasteiger partial charge in [0.15, 0.2) is 10.7 Å². The molecule has 168 valence electrons. The van der Waals surface area contributed by atoms with E-state index < -0.39 is 5.76 Å². The molecule has 32 heavy (non-hydrogen) atoms. The number of anilines is 1. The van der Waals surface area contributed by atoms with Crippen LogP contribution in [0.1, 0.15) is 0 Å². The van der Waals surface area contributed by atoms with Gasteiger partial charge in [0.1, 0.15) is 28.3 Å². The first kappa shape index (κ1) is 21.8. The van der Waals surface area contributed by atoms with Crippen molar-refractivity contribution in [2.75, 3.05) is 46.3 Å². The Bertz CT molecular complexity index is 1280. The van der Waals surface area contributed by atoms with Crippen LogP contribution in [0.5, 0.6) is 11.5 Å². The largest absolute Gasteiger partial charge is 0.495 e. The van der Waals surface area contributed by atoms with Gasteiger partial charge in [0.2, 0.25) is 5.91 Å². The molecule has 0 atom stereocenters. The lowest BCUT2D eigenvalue weighted by Gasteiger charge is -2.22. The van der Waals surface area contributed by atoms with Gasteiger partial charge in [0, 0.05) is 13.1 Å². The molecule has 0 fully saturated rings. The molecule has 0 aliphatic rings. The number of rotatable bonds is 8. The van der Waals surface area contributed by atoms with Gasteiger partial charge in [-0.3, -0.25) is 14.3 Å². The highest BCUT2D eigenvalue weighted by atomic mass is 32.1. The zero-order chi connectivity index (χ0) is 22.8. The zero-order valence-electron chi connectivity index (χ0n) is 18.3. The van der Waals surface area contributed by atoms with Crippen molar-refractivity contribution in [1.82, 2.24) is 14.5 Å². The number of oxazole rings is 1. The second-order valence-corrected chi connectivity index (χ2v) is 8.39. The average molecular weight is 457 g/mol. The Hall–Kier alpha value is -3.37. The molecule has 10 heteroatoms. The van der Waals surface area contributed by atoms with Crippen molar-refractivity contribution in [1.29, 1.82) is 0 Å². The first-order valence-corrected chi connectivity index (χ1v) is 10.8. The molecule has 0 aliphatic carbocycles. The monoisotopic (exact) mass is 456 g/mol. The summed E-state index contributed by atoms with van der Waals surface area (Å²) in [6, 6.07) is 10.6. The van der Waals surface area contributed by atoms with Crippen LogP contribution < -0.4 is 20.1 Å². The molecule has 2 aromatic heterocycles. The van der Waals surface area contributed by atoms with E-state index >= 15 is 0 Å². The zero-order valence-corrected chi connectivity index (χ0v) is 19.1. The van der Waals surface area contributed by atoms with Crippen LogP contribution in [0.15, 0.2) is 45.6 Å². The molecular weight excluding hydrogens is 432 g/mol. The van der Waals surface area contributed by atoms with Crippen LogP contribution in [0.3, 0.4) is 0 Å². The molecule has 0 aliphatic heterocycles. The fourth-order valence-electron chi connectivity index (χ4n) is 3.40. The third-order valence-electron chi connectivity index (χ3n) is 5.07. The lowest BCUT2D eigenvalue weighted by atomic mass is 10.3. The number of aromatic nitrogens is 2. The van der Waals surface area contributed by atoms with Crippen LogP contribution in [0.2, 0.25) is 0 Å². The van der Waals surface area contributed by atoms with Crippen LogP contribution in [0, 0.1) is 0 Å². The normalized spacial score (nSPS) is 11.4. The predicted octanol–water partition coefficient (Wildman–Crippen LogP) is 2.82. The summed E-state index contributed by atoms with van der Waals surface area (Å²) in [5.74, 6) is 0.416. The maximum atomic E-state index is 13.4. The minimum absolute atomic E-state index is 0.159. The highest BCUT2D eigenvalue weighted by Gasteiger charge is 2.24. The number of thiazole rings is 1. The van der Waals surface area contributed by atoms with Gasteiger partial charge in [-0.15, -0.1) is 0 Å². The Balaban J connectivity index is 1.75. The Morgan fingerprint density at radius 1 is 1.09 bits per heavy atom. The number of para-hydroxylation sites is 2. The molecule has 4 aromatic rings. The van der Waals surface area contributed by atoms with Gasteiger partial charge in [-0.05, 0) is 38.4 Å². The van der Waals surface area contributed by atoms with E-state index in [0.717, 1.165) is 4.70 Å². The van der Waals surface area contributed by atoms with Gasteiger partial charge >= 0.3 is 5.76 Å². The number of benzene rings is 2. The second kappa shape index (κ2) is 9.01. The van der Waals surface area contributed by atoms with Crippen molar-refractivity contribution in [2.24, 2.45) is 0 Å². The summed E-state index contributed by atoms with van der Waals surface area (Å²) in [5.41, 5.74) is 1.64. The SMILES string of the molecule is COc1ccc(OC)c2sc(N(CCN(C)C)C(=O)Cn3c(=O)oc4ccccc43)nc12. The number of likely N-dealkylation sites (N-methyl/N-ethyl adjacent to an activating group) is 1. The summed E-state index contributed by atoms with van der Waals surface area (Å²) in [6.45, 7) is 0.866. The number of nitrogens with zero attached hydrogens (tertiary/aromatic N) is 4. The van der Waals surface area contributed by atoms with Gasteiger partial charge in [-0.2, -0.15) is 0 Å². The third-order valence-corrected chi connectivity index (χ3v) is 6.16. The number of fused-ring (bicyclic) bond motifs is 2. The minimum atomic E-state index is -0.570. The van der Waals surface area contributed by atoms with E-state index in [0.29, 0.717) is 46.3 Å². The van der Waals surface area contributed by atoms with E-state index in [1.165, 1.54) is 15.9 Å². The lowest BCUT2D eigenvalue weighted by molar-refractivity contribution is -0.119. The summed E-state index contributed by atoms with van der Waals surface area (Å²) in [4.78, 5) is 34.1. The highest BCUT2D eigenvalue weighted by Crippen LogP contribution is 2.40. The van der Waals surface area contributed by atoms with Crippen molar-refractivity contribution < 1.29 is 18.7 Å². The number of carbonyl (C=O) groups excluding carboxylic acids is 1. The summed E-state index contributed by atoms with van der Waals surface area (Å²) in [7, 11) is 7.03. The summed E-state index contributed by atoms with van der Waals surface area (Å²) in [6.07, 6.45) is 0. The number of hydrogen-bond donors (Lipinski definition) is 0. The van der Waals surface area contributed by atoms with Crippen LogP contribution in [0.4, 0.5) is 5.13 Å². The van der Waals surface area contributed by atoms with Crippen molar-refractivity contribution >= 4 is 43.7 Å². The maximum absolute atomic E-state index is 13.4. The van der Waals surface area contributed by atoms with E-state index in [9.17, 15) is 9.59 Å². The molecular formula is C22H24N4O5S. The van der Waals surface area contributed by atoms with Crippen LogP contribution in [0.25, 0.3) is 21.3 Å². The van der Waals surface area contributed by atoms with E-state index in [4.69, 9.17) is 18.9 Å². The van der Waals surface area contributed by atoms with E-state index in [-0.39, 0.29) is 12.5 Å². The molecule has 2 aromatic carbocycles. The molecule has 0 N–H and O–H groups in total. The first-order chi connectivity index (χ1) is 15.4. The minimum Gasteiger partial charge on any atom is -0.495 e. The van der Waals surface area contributed by atoms with Gasteiger partial charge < -0.3 is 18.8 Å². The molecule has 0 radical (unpaired) electrons. The number of methoxy groups -OCH3 is 2. The van der Waals surface area contributed by atoms with Crippen molar-refractivity contribution in [3.05, 3.63) is 46.9 Å². The Morgan fingerprint density at radius 3 is 2.53 bits per heavy atom. The van der Waals surface area contributed by atoms with Crippen molar-refractivity contribution in [3.8, 4) is 11.5 Å². The van der Waals surface area contributed by atoms with Gasteiger partial charge in [-0.25, -0.2) is 9.78 Å². The first-order valence-electron chi connectivity index (χ1n) is 9.98. The third kappa shape index (κ3) is 4.06. The molecule has 1 amide bonds. The molecule has 0 spiro atoms. The Labute approximate surface area is 188 Å². The molecule has 9 nitrogen and oxygen atoms in total. The van der Waals surface area contributed by atoms with Gasteiger partial charge in [-0.1, -0.05) is 23.5 Å². The molecule has 4 rings (SSSR count). The summed E-state index contributed by atoms with van der Waals surface area (Å²) >= 11 is 1.35. The fraction of sp³-hybridized carbons (Fsp3) is 0.318. The summed E-state index contributed by atoms with van der Waals surface area (Å²) < 4.78 is 18.3. The Kier molecular flexibility index (Phi) is 6.15. The van der Waals surface area contributed by atoms with Gasteiger partial charge in [0.05, 0.1) is 19.7 Å². The van der Waals surface area contributed by atoms with Gasteiger partial charge in [0.25, 0.3) is 0 Å². The van der Waals surface area contributed by atoms with Crippen LogP contribution in [-0.4, -0.2) is 61.8 Å². The van der Waals surface area contributed by atoms with E-state index in [1.54, 1.807) is 49.5 Å². The number of ether oxygens (including phenoxy) is 2. The fourth-order valence-corrected chi connectivity index (χ4v) is 4.52. The average Bonchev–Trinajstić information content (AvgIpc) is 3.34. The Morgan fingerprint density at radius 2 is 1.81 bits per heavy atom. The highest BCUT2D eigenvalue weighted by molar-refractivity contribution is 7.22.